The zero-order valence-corrected chi connectivity index (χ0v) is 11.0. The van der Waals surface area contributed by atoms with Crippen molar-refractivity contribution in [2.45, 2.75) is 19.9 Å². The van der Waals surface area contributed by atoms with Crippen molar-refractivity contribution in [3.8, 4) is 0 Å². The quantitative estimate of drug-likeness (QED) is 0.750. The van der Waals surface area contributed by atoms with Gasteiger partial charge in [-0.05, 0) is 12.5 Å². The van der Waals surface area contributed by atoms with Gasteiger partial charge in [0.05, 0.1) is 13.1 Å². The lowest BCUT2D eigenvalue weighted by atomic mass is 10.2. The van der Waals surface area contributed by atoms with Gasteiger partial charge in [0.25, 0.3) is 0 Å². The monoisotopic (exact) mass is 262 g/mol. The molecule has 0 aromatic carbocycles. The van der Waals surface area contributed by atoms with Crippen LogP contribution in [0.4, 0.5) is 5.82 Å². The Morgan fingerprint density at radius 1 is 1.37 bits per heavy atom. The second-order valence-electron chi connectivity index (χ2n) is 4.55. The molecule has 6 nitrogen and oxygen atoms in total. The molecular formula is C13H18N4O2. The molecule has 1 saturated heterocycles. The number of imide groups is 1. The van der Waals surface area contributed by atoms with E-state index in [4.69, 9.17) is 0 Å². The third-order valence-corrected chi connectivity index (χ3v) is 2.84. The van der Waals surface area contributed by atoms with Crippen LogP contribution in [-0.4, -0.2) is 41.3 Å². The van der Waals surface area contributed by atoms with Gasteiger partial charge in [0.1, 0.15) is 5.82 Å². The number of hydrogen-bond acceptors (Lipinski definition) is 5. The topological polar surface area (TPSA) is 74.3 Å². The summed E-state index contributed by atoms with van der Waals surface area (Å²) in [6, 6.07) is 3.82. The van der Waals surface area contributed by atoms with Crippen LogP contribution >= 0.6 is 0 Å². The third kappa shape index (κ3) is 3.75. The van der Waals surface area contributed by atoms with E-state index in [0.717, 1.165) is 24.3 Å². The molecule has 0 aliphatic carbocycles. The Bertz CT molecular complexity index is 459. The van der Waals surface area contributed by atoms with Crippen molar-refractivity contribution >= 4 is 17.6 Å². The van der Waals surface area contributed by atoms with E-state index in [2.05, 4.69) is 22.5 Å². The summed E-state index contributed by atoms with van der Waals surface area (Å²) in [6.07, 6.45) is 2.75. The highest BCUT2D eigenvalue weighted by Crippen LogP contribution is 2.14. The minimum absolute atomic E-state index is 0.244. The fourth-order valence-electron chi connectivity index (χ4n) is 2.02. The van der Waals surface area contributed by atoms with E-state index in [0.29, 0.717) is 6.54 Å². The molecule has 1 aliphatic rings. The van der Waals surface area contributed by atoms with Crippen molar-refractivity contribution in [3.63, 3.8) is 0 Å². The number of pyridine rings is 1. The van der Waals surface area contributed by atoms with Crippen molar-refractivity contribution in [1.29, 1.82) is 0 Å². The number of piperazine rings is 1. The molecule has 0 atom stereocenters. The van der Waals surface area contributed by atoms with E-state index in [1.807, 2.05) is 17.0 Å². The summed E-state index contributed by atoms with van der Waals surface area (Å²) >= 11 is 0. The van der Waals surface area contributed by atoms with Crippen molar-refractivity contribution in [3.05, 3.63) is 23.9 Å². The average molecular weight is 262 g/mol. The maximum Gasteiger partial charge on any atom is 0.240 e. The van der Waals surface area contributed by atoms with Crippen LogP contribution in [0.2, 0.25) is 0 Å². The lowest BCUT2D eigenvalue weighted by molar-refractivity contribution is -0.136. The zero-order valence-electron chi connectivity index (χ0n) is 11.0. The van der Waals surface area contributed by atoms with Gasteiger partial charge in [0, 0.05) is 24.8 Å². The minimum atomic E-state index is -0.247. The van der Waals surface area contributed by atoms with Gasteiger partial charge in [-0.3, -0.25) is 19.8 Å². The fourth-order valence-corrected chi connectivity index (χ4v) is 2.02. The molecule has 2 N–H and O–H groups in total. The summed E-state index contributed by atoms with van der Waals surface area (Å²) in [4.78, 5) is 28.8. The van der Waals surface area contributed by atoms with E-state index in [-0.39, 0.29) is 24.9 Å². The number of carbonyl (C=O) groups is 2. The Morgan fingerprint density at radius 3 is 2.79 bits per heavy atom. The molecule has 0 spiro atoms. The largest absolute Gasteiger partial charge is 0.370 e. The van der Waals surface area contributed by atoms with Crippen molar-refractivity contribution in [2.75, 3.05) is 25.0 Å². The van der Waals surface area contributed by atoms with E-state index in [9.17, 15) is 9.59 Å². The van der Waals surface area contributed by atoms with Gasteiger partial charge in [-0.15, -0.1) is 0 Å². The van der Waals surface area contributed by atoms with E-state index in [1.54, 1.807) is 6.20 Å². The van der Waals surface area contributed by atoms with Crippen LogP contribution < -0.4 is 10.6 Å². The molecular weight excluding hydrogens is 244 g/mol. The van der Waals surface area contributed by atoms with Crippen LogP contribution in [0, 0.1) is 0 Å². The van der Waals surface area contributed by atoms with Gasteiger partial charge in [-0.1, -0.05) is 13.0 Å². The maximum absolute atomic E-state index is 11.3. The van der Waals surface area contributed by atoms with Crippen LogP contribution in [0.5, 0.6) is 0 Å². The first kappa shape index (κ1) is 13.5. The normalized spacial score (nSPS) is 16.3. The van der Waals surface area contributed by atoms with Gasteiger partial charge in [0.2, 0.25) is 11.8 Å². The summed E-state index contributed by atoms with van der Waals surface area (Å²) in [5.74, 6) is 0.328. The number of aromatic nitrogens is 1. The lowest BCUT2D eigenvalue weighted by Gasteiger charge is -2.25. The number of nitrogens with zero attached hydrogens (tertiary/aromatic N) is 2. The van der Waals surface area contributed by atoms with Crippen LogP contribution in [0.25, 0.3) is 0 Å². The highest BCUT2D eigenvalue weighted by molar-refractivity contribution is 5.99. The molecule has 1 aliphatic heterocycles. The van der Waals surface area contributed by atoms with Crippen molar-refractivity contribution in [2.24, 2.45) is 0 Å². The summed E-state index contributed by atoms with van der Waals surface area (Å²) in [7, 11) is 0. The molecule has 2 heterocycles. The average Bonchev–Trinajstić information content (AvgIpc) is 2.36. The standard InChI is InChI=1S/C13H18N4O2/c1-2-5-14-13-10(4-3-6-15-13)7-17-8-11(18)16-12(19)9-17/h3-4,6H,2,5,7-9H2,1H3,(H,14,15)(H,16,18,19). The van der Waals surface area contributed by atoms with Gasteiger partial charge < -0.3 is 5.32 Å². The summed E-state index contributed by atoms with van der Waals surface area (Å²) in [5, 5.41) is 5.54. The molecule has 1 aromatic heterocycles. The smallest absolute Gasteiger partial charge is 0.240 e. The predicted octanol–water partition coefficient (Wildman–Crippen LogP) is 0.362. The molecule has 1 fully saturated rings. The zero-order chi connectivity index (χ0) is 13.7. The Morgan fingerprint density at radius 2 is 2.11 bits per heavy atom. The molecule has 0 bridgehead atoms. The van der Waals surface area contributed by atoms with Gasteiger partial charge >= 0.3 is 0 Å². The van der Waals surface area contributed by atoms with Crippen LogP contribution in [-0.2, 0) is 16.1 Å². The number of rotatable bonds is 5. The number of hydrogen-bond donors (Lipinski definition) is 2. The fraction of sp³-hybridized carbons (Fsp3) is 0.462. The molecule has 2 amide bonds. The first-order valence-corrected chi connectivity index (χ1v) is 6.42. The molecule has 0 unspecified atom stereocenters. The second-order valence-corrected chi connectivity index (χ2v) is 4.55. The highest BCUT2D eigenvalue weighted by atomic mass is 16.2. The predicted molar refractivity (Wildman–Crippen MR) is 71.4 cm³/mol. The Balaban J connectivity index is 2.05. The van der Waals surface area contributed by atoms with Gasteiger partial charge in [0.15, 0.2) is 0 Å². The number of amides is 2. The van der Waals surface area contributed by atoms with Crippen molar-refractivity contribution in [1.82, 2.24) is 15.2 Å². The molecule has 102 valence electrons. The molecule has 19 heavy (non-hydrogen) atoms. The number of nitrogens with one attached hydrogen (secondary N) is 2. The Hall–Kier alpha value is -1.95. The first-order valence-electron chi connectivity index (χ1n) is 6.42. The van der Waals surface area contributed by atoms with Crippen molar-refractivity contribution < 1.29 is 9.59 Å². The molecule has 1 aromatic rings. The van der Waals surface area contributed by atoms with Crippen LogP contribution in [0.3, 0.4) is 0 Å². The molecule has 2 rings (SSSR count). The highest BCUT2D eigenvalue weighted by Gasteiger charge is 2.22. The third-order valence-electron chi connectivity index (χ3n) is 2.84. The Labute approximate surface area is 112 Å². The van der Waals surface area contributed by atoms with Gasteiger partial charge in [-0.25, -0.2) is 4.98 Å². The van der Waals surface area contributed by atoms with Crippen LogP contribution in [0.1, 0.15) is 18.9 Å². The van der Waals surface area contributed by atoms with E-state index in [1.165, 1.54) is 0 Å². The van der Waals surface area contributed by atoms with E-state index >= 15 is 0 Å². The Kier molecular flexibility index (Phi) is 4.46. The number of carbonyl (C=O) groups excluding carboxylic acids is 2. The minimum Gasteiger partial charge on any atom is -0.370 e. The second kappa shape index (κ2) is 6.29. The SMILES string of the molecule is CCCNc1ncccc1CN1CC(=O)NC(=O)C1. The molecule has 6 heteroatoms. The van der Waals surface area contributed by atoms with Crippen LogP contribution in [0.15, 0.2) is 18.3 Å². The van der Waals surface area contributed by atoms with E-state index < -0.39 is 0 Å². The molecule has 0 saturated carbocycles. The summed E-state index contributed by atoms with van der Waals surface area (Å²) < 4.78 is 0. The summed E-state index contributed by atoms with van der Waals surface area (Å²) in [6.45, 7) is 3.97. The first-order chi connectivity index (χ1) is 9.19. The summed E-state index contributed by atoms with van der Waals surface area (Å²) in [5.41, 5.74) is 0.999. The maximum atomic E-state index is 11.3. The number of anilines is 1. The van der Waals surface area contributed by atoms with Gasteiger partial charge in [-0.2, -0.15) is 0 Å². The lowest BCUT2D eigenvalue weighted by Crippen LogP contribution is -2.50. The molecule has 0 radical (unpaired) electrons.